The Hall–Kier alpha value is -1.56. The van der Waals surface area contributed by atoms with Gasteiger partial charge in [0.25, 0.3) is 0 Å². The molecule has 0 aliphatic heterocycles. The number of ether oxygens (including phenoxy) is 1. The van der Waals surface area contributed by atoms with E-state index in [4.69, 9.17) is 5.11 Å². The lowest BCUT2D eigenvalue weighted by Crippen LogP contribution is -2.42. The summed E-state index contributed by atoms with van der Waals surface area (Å²) in [5.41, 5.74) is 0. The molecule has 0 fully saturated rings. The molecule has 1 heterocycles. The van der Waals surface area contributed by atoms with Crippen molar-refractivity contribution in [2.24, 2.45) is 0 Å². The maximum Gasteiger partial charge on any atom is 0.407 e. The van der Waals surface area contributed by atoms with Gasteiger partial charge < -0.3 is 15.2 Å². The normalized spacial score (nSPS) is 11.8. The highest BCUT2D eigenvalue weighted by Crippen LogP contribution is 2.11. The van der Waals surface area contributed by atoms with E-state index in [1.807, 2.05) is 17.5 Å². The number of thiophene rings is 1. The highest BCUT2D eigenvalue weighted by atomic mass is 32.1. The van der Waals surface area contributed by atoms with Crippen LogP contribution in [0, 0.1) is 0 Å². The molecular formula is C10H13NO4S. The molecule has 0 saturated carbocycles. The van der Waals surface area contributed by atoms with E-state index in [9.17, 15) is 9.59 Å². The Morgan fingerprint density at radius 2 is 2.38 bits per heavy atom. The van der Waals surface area contributed by atoms with Crippen LogP contribution in [0.3, 0.4) is 0 Å². The summed E-state index contributed by atoms with van der Waals surface area (Å²) in [6.07, 6.45) is -0.433. The zero-order chi connectivity index (χ0) is 12.0. The van der Waals surface area contributed by atoms with Crippen molar-refractivity contribution in [2.75, 3.05) is 6.61 Å². The quantitative estimate of drug-likeness (QED) is 0.821. The fourth-order valence-electron chi connectivity index (χ4n) is 1.15. The molecule has 0 aromatic carbocycles. The number of alkyl carbamates (subject to hydrolysis) is 1. The summed E-state index contributed by atoms with van der Waals surface area (Å²) in [4.78, 5) is 22.9. The first kappa shape index (κ1) is 12.5. The standard InChI is InChI=1S/C10H13NO4S/c1-2-15-10(14)11-8(9(12)13)6-7-4-3-5-16-7/h3-5,8H,2,6H2,1H3,(H,11,14)(H,12,13). The maximum absolute atomic E-state index is 11.1. The average Bonchev–Trinajstić information content (AvgIpc) is 2.69. The molecule has 1 amide bonds. The van der Waals surface area contributed by atoms with Gasteiger partial charge >= 0.3 is 12.1 Å². The van der Waals surface area contributed by atoms with Crippen molar-refractivity contribution < 1.29 is 19.4 Å². The van der Waals surface area contributed by atoms with Gasteiger partial charge in [-0.15, -0.1) is 11.3 Å². The van der Waals surface area contributed by atoms with E-state index in [-0.39, 0.29) is 13.0 Å². The number of hydrogen-bond donors (Lipinski definition) is 2. The lowest BCUT2D eigenvalue weighted by atomic mass is 10.2. The van der Waals surface area contributed by atoms with Crippen molar-refractivity contribution in [3.05, 3.63) is 22.4 Å². The number of aliphatic carboxylic acids is 1. The molecule has 1 aromatic heterocycles. The molecule has 0 spiro atoms. The number of carboxylic acids is 1. The molecule has 0 aliphatic carbocycles. The number of nitrogens with one attached hydrogen (secondary N) is 1. The molecule has 2 N–H and O–H groups in total. The second-order valence-electron chi connectivity index (χ2n) is 3.04. The predicted octanol–water partition coefficient (Wildman–Crippen LogP) is 1.49. The molecule has 16 heavy (non-hydrogen) atoms. The Labute approximate surface area is 97.0 Å². The monoisotopic (exact) mass is 243 g/mol. The Bertz CT molecular complexity index is 350. The molecule has 88 valence electrons. The van der Waals surface area contributed by atoms with Gasteiger partial charge in [0, 0.05) is 11.3 Å². The van der Waals surface area contributed by atoms with E-state index < -0.39 is 18.1 Å². The minimum atomic E-state index is -1.07. The van der Waals surface area contributed by atoms with Gasteiger partial charge in [-0.3, -0.25) is 0 Å². The Kier molecular flexibility index (Phi) is 4.78. The zero-order valence-electron chi connectivity index (χ0n) is 8.80. The van der Waals surface area contributed by atoms with E-state index in [0.29, 0.717) is 0 Å². The van der Waals surface area contributed by atoms with Crippen molar-refractivity contribution in [2.45, 2.75) is 19.4 Å². The number of carboxylic acid groups (broad SMARTS) is 1. The van der Waals surface area contributed by atoms with Crippen molar-refractivity contribution >= 4 is 23.4 Å². The molecule has 0 radical (unpaired) electrons. The fourth-order valence-corrected chi connectivity index (χ4v) is 1.90. The van der Waals surface area contributed by atoms with Crippen LogP contribution in [0.15, 0.2) is 17.5 Å². The van der Waals surface area contributed by atoms with Crippen molar-refractivity contribution in [1.82, 2.24) is 5.32 Å². The molecule has 1 rings (SSSR count). The third-order valence-corrected chi connectivity index (χ3v) is 2.75. The van der Waals surface area contributed by atoms with E-state index in [1.165, 1.54) is 11.3 Å². The van der Waals surface area contributed by atoms with Crippen LogP contribution in [0.5, 0.6) is 0 Å². The lowest BCUT2D eigenvalue weighted by molar-refractivity contribution is -0.139. The molecule has 1 atom stereocenters. The van der Waals surface area contributed by atoms with Crippen molar-refractivity contribution in [3.63, 3.8) is 0 Å². The highest BCUT2D eigenvalue weighted by molar-refractivity contribution is 7.09. The molecule has 1 unspecified atom stereocenters. The summed E-state index contributed by atoms with van der Waals surface area (Å²) in [5, 5.41) is 13.1. The minimum Gasteiger partial charge on any atom is -0.480 e. The van der Waals surface area contributed by atoms with Crippen LogP contribution >= 0.6 is 11.3 Å². The summed E-state index contributed by atoms with van der Waals surface area (Å²) in [6, 6.07) is 2.72. The topological polar surface area (TPSA) is 75.6 Å². The van der Waals surface area contributed by atoms with Gasteiger partial charge in [0.15, 0.2) is 0 Å². The Balaban J connectivity index is 2.54. The highest BCUT2D eigenvalue weighted by Gasteiger charge is 2.21. The third-order valence-electron chi connectivity index (χ3n) is 1.85. The summed E-state index contributed by atoms with van der Waals surface area (Å²) in [6.45, 7) is 1.88. The fraction of sp³-hybridized carbons (Fsp3) is 0.400. The van der Waals surface area contributed by atoms with Crippen LogP contribution in [0.1, 0.15) is 11.8 Å². The Morgan fingerprint density at radius 3 is 2.88 bits per heavy atom. The molecule has 6 heteroatoms. The smallest absolute Gasteiger partial charge is 0.407 e. The van der Waals surface area contributed by atoms with Crippen LogP contribution in [0.25, 0.3) is 0 Å². The number of carbonyl (C=O) groups is 2. The first-order valence-electron chi connectivity index (χ1n) is 4.82. The van der Waals surface area contributed by atoms with Crippen LogP contribution in [0.2, 0.25) is 0 Å². The molecule has 5 nitrogen and oxygen atoms in total. The van der Waals surface area contributed by atoms with Gasteiger partial charge in [0.1, 0.15) is 6.04 Å². The molecule has 0 aliphatic rings. The van der Waals surface area contributed by atoms with E-state index >= 15 is 0 Å². The van der Waals surface area contributed by atoms with Gasteiger partial charge in [-0.25, -0.2) is 9.59 Å². The first-order chi connectivity index (χ1) is 7.63. The first-order valence-corrected chi connectivity index (χ1v) is 5.70. The van der Waals surface area contributed by atoms with Gasteiger partial charge in [0.2, 0.25) is 0 Å². The Morgan fingerprint density at radius 1 is 1.62 bits per heavy atom. The minimum absolute atomic E-state index is 0.219. The number of carbonyl (C=O) groups excluding carboxylic acids is 1. The molecule has 0 saturated heterocycles. The van der Waals surface area contributed by atoms with Crippen LogP contribution in [-0.4, -0.2) is 29.8 Å². The van der Waals surface area contributed by atoms with Crippen LogP contribution in [0.4, 0.5) is 4.79 Å². The van der Waals surface area contributed by atoms with Crippen LogP contribution < -0.4 is 5.32 Å². The number of amides is 1. The van der Waals surface area contributed by atoms with E-state index in [1.54, 1.807) is 6.92 Å². The summed E-state index contributed by atoms with van der Waals surface area (Å²) >= 11 is 1.45. The van der Waals surface area contributed by atoms with E-state index in [2.05, 4.69) is 10.1 Å². The summed E-state index contributed by atoms with van der Waals surface area (Å²) in [5.74, 6) is -1.07. The third kappa shape index (κ3) is 3.90. The van der Waals surface area contributed by atoms with Crippen molar-refractivity contribution in [3.8, 4) is 0 Å². The molecule has 0 bridgehead atoms. The van der Waals surface area contributed by atoms with Gasteiger partial charge in [0.05, 0.1) is 6.61 Å². The predicted molar refractivity (Wildman–Crippen MR) is 59.6 cm³/mol. The number of rotatable bonds is 5. The van der Waals surface area contributed by atoms with Crippen LogP contribution in [-0.2, 0) is 16.0 Å². The van der Waals surface area contributed by atoms with Gasteiger partial charge in [-0.1, -0.05) is 6.07 Å². The maximum atomic E-state index is 11.1. The summed E-state index contributed by atoms with van der Waals surface area (Å²) in [7, 11) is 0. The van der Waals surface area contributed by atoms with Crippen molar-refractivity contribution in [1.29, 1.82) is 0 Å². The van der Waals surface area contributed by atoms with Gasteiger partial charge in [-0.05, 0) is 18.4 Å². The largest absolute Gasteiger partial charge is 0.480 e. The molecule has 1 aromatic rings. The average molecular weight is 243 g/mol. The zero-order valence-corrected chi connectivity index (χ0v) is 9.62. The SMILES string of the molecule is CCOC(=O)NC(Cc1cccs1)C(=O)O. The van der Waals surface area contributed by atoms with Gasteiger partial charge in [-0.2, -0.15) is 0 Å². The van der Waals surface area contributed by atoms with E-state index in [0.717, 1.165) is 4.88 Å². The lowest BCUT2D eigenvalue weighted by Gasteiger charge is -2.12. The molecular weight excluding hydrogens is 230 g/mol. The second-order valence-corrected chi connectivity index (χ2v) is 4.07. The number of hydrogen-bond acceptors (Lipinski definition) is 4. The summed E-state index contributed by atoms with van der Waals surface area (Å²) < 4.78 is 4.63. The second kappa shape index (κ2) is 6.12.